The zero-order valence-electron chi connectivity index (χ0n) is 10.5. The molecule has 0 aliphatic rings. The number of hydrogen-bond donors (Lipinski definition) is 1. The average Bonchev–Trinajstić information content (AvgIpc) is 2.28. The average molecular weight is 217 g/mol. The van der Waals surface area contributed by atoms with Crippen LogP contribution < -0.4 is 5.32 Å². The molecule has 0 amide bonds. The minimum absolute atomic E-state index is 0.585. The topological polar surface area (TPSA) is 12.0 Å². The Balaban J connectivity index is 2.46. The maximum atomic E-state index is 3.76. The molecule has 1 unspecified atom stereocenters. The van der Waals surface area contributed by atoms with Gasteiger partial charge in [-0.05, 0) is 45.2 Å². The summed E-state index contributed by atoms with van der Waals surface area (Å²) in [6, 6.07) is 9.36. The van der Waals surface area contributed by atoms with Crippen LogP contribution in [0.25, 0.3) is 0 Å². The summed E-state index contributed by atoms with van der Waals surface area (Å²) in [4.78, 5) is 0. The Kier molecular flexibility index (Phi) is 5.87. The Bertz CT molecular complexity index is 317. The Labute approximate surface area is 99.6 Å². The third-order valence-electron chi connectivity index (χ3n) is 2.93. The molecule has 0 bridgehead atoms. The Morgan fingerprint density at radius 2 is 2.25 bits per heavy atom. The van der Waals surface area contributed by atoms with Crippen LogP contribution in [-0.2, 0) is 6.42 Å². The van der Waals surface area contributed by atoms with Gasteiger partial charge in [-0.25, -0.2) is 0 Å². The summed E-state index contributed by atoms with van der Waals surface area (Å²) in [5.41, 5.74) is 2.77. The molecular weight excluding hydrogens is 194 g/mol. The second kappa shape index (κ2) is 7.24. The lowest BCUT2D eigenvalue weighted by molar-refractivity contribution is 0.504. The number of hydrogen-bond acceptors (Lipinski definition) is 1. The van der Waals surface area contributed by atoms with E-state index in [1.165, 1.54) is 24.0 Å². The molecule has 0 spiro atoms. The molecule has 1 aromatic carbocycles. The monoisotopic (exact) mass is 217 g/mol. The fourth-order valence-electron chi connectivity index (χ4n) is 1.98. The minimum Gasteiger partial charge on any atom is -0.317 e. The van der Waals surface area contributed by atoms with E-state index in [4.69, 9.17) is 0 Å². The van der Waals surface area contributed by atoms with E-state index in [-0.39, 0.29) is 0 Å². The van der Waals surface area contributed by atoms with Crippen LogP contribution in [0.4, 0.5) is 0 Å². The van der Waals surface area contributed by atoms with E-state index in [0.717, 1.165) is 12.8 Å². The van der Waals surface area contributed by atoms with Gasteiger partial charge >= 0.3 is 0 Å². The molecule has 1 N–H and O–H groups in total. The van der Waals surface area contributed by atoms with Crippen molar-refractivity contribution in [3.8, 4) is 0 Å². The van der Waals surface area contributed by atoms with Crippen LogP contribution in [-0.4, -0.2) is 13.1 Å². The van der Waals surface area contributed by atoms with Crippen LogP contribution >= 0.6 is 0 Å². The normalized spacial score (nSPS) is 12.4. The molecule has 0 heterocycles. The molecule has 1 nitrogen and oxygen atoms in total. The molecule has 0 aromatic heterocycles. The molecule has 88 valence electrons. The highest BCUT2D eigenvalue weighted by molar-refractivity contribution is 5.22. The van der Waals surface area contributed by atoms with Gasteiger partial charge in [-0.15, -0.1) is 6.58 Å². The molecule has 0 fully saturated rings. The lowest BCUT2D eigenvalue weighted by atomic mass is 10.00. The van der Waals surface area contributed by atoms with Gasteiger partial charge in [0, 0.05) is 6.04 Å². The Hall–Kier alpha value is -1.08. The van der Waals surface area contributed by atoms with Gasteiger partial charge in [0.2, 0.25) is 0 Å². The van der Waals surface area contributed by atoms with Crippen LogP contribution in [0.5, 0.6) is 0 Å². The molecule has 1 heteroatoms. The molecule has 0 saturated heterocycles. The van der Waals surface area contributed by atoms with Crippen LogP contribution in [0.2, 0.25) is 0 Å². The van der Waals surface area contributed by atoms with E-state index in [9.17, 15) is 0 Å². The Morgan fingerprint density at radius 3 is 2.88 bits per heavy atom. The summed E-state index contributed by atoms with van der Waals surface area (Å²) in [7, 11) is 2.05. The highest BCUT2D eigenvalue weighted by atomic mass is 14.9. The van der Waals surface area contributed by atoms with E-state index >= 15 is 0 Å². The second-order valence-electron chi connectivity index (χ2n) is 4.40. The number of benzene rings is 1. The van der Waals surface area contributed by atoms with Gasteiger partial charge in [0.05, 0.1) is 0 Å². The van der Waals surface area contributed by atoms with Crippen LogP contribution in [0.15, 0.2) is 36.9 Å². The van der Waals surface area contributed by atoms with E-state index < -0.39 is 0 Å². The third-order valence-corrected chi connectivity index (χ3v) is 2.93. The predicted octanol–water partition coefficient (Wildman–Crippen LogP) is 3.48. The standard InChI is InChI=1S/C15H23N/c1-4-5-6-10-15(16-3)12-14-9-7-8-13(2)11-14/h4,7-9,11,15-16H,1,5-6,10,12H2,2-3H3. The van der Waals surface area contributed by atoms with Gasteiger partial charge in [0.25, 0.3) is 0 Å². The molecule has 16 heavy (non-hydrogen) atoms. The zero-order chi connectivity index (χ0) is 11.8. The van der Waals surface area contributed by atoms with Gasteiger partial charge in [0.1, 0.15) is 0 Å². The van der Waals surface area contributed by atoms with Gasteiger partial charge in [0.15, 0.2) is 0 Å². The highest BCUT2D eigenvalue weighted by Gasteiger charge is 2.06. The third kappa shape index (κ3) is 4.63. The smallest absolute Gasteiger partial charge is 0.0105 e. The van der Waals surface area contributed by atoms with Crippen LogP contribution in [0.3, 0.4) is 0 Å². The molecule has 0 radical (unpaired) electrons. The maximum absolute atomic E-state index is 3.76. The summed E-state index contributed by atoms with van der Waals surface area (Å²) in [6.45, 7) is 5.91. The second-order valence-corrected chi connectivity index (χ2v) is 4.40. The van der Waals surface area contributed by atoms with E-state index in [1.54, 1.807) is 0 Å². The lowest BCUT2D eigenvalue weighted by Gasteiger charge is -2.16. The van der Waals surface area contributed by atoms with E-state index in [2.05, 4.69) is 43.1 Å². The molecule has 0 aliphatic carbocycles. The largest absolute Gasteiger partial charge is 0.317 e. The van der Waals surface area contributed by atoms with Crippen molar-refractivity contribution < 1.29 is 0 Å². The van der Waals surface area contributed by atoms with Gasteiger partial charge in [-0.3, -0.25) is 0 Å². The van der Waals surface area contributed by atoms with Crippen molar-refractivity contribution in [1.82, 2.24) is 5.32 Å². The minimum atomic E-state index is 0.585. The van der Waals surface area contributed by atoms with Crippen molar-refractivity contribution >= 4 is 0 Å². The van der Waals surface area contributed by atoms with Crippen molar-refractivity contribution in [1.29, 1.82) is 0 Å². The highest BCUT2D eigenvalue weighted by Crippen LogP contribution is 2.10. The summed E-state index contributed by atoms with van der Waals surface area (Å²) < 4.78 is 0. The van der Waals surface area contributed by atoms with Gasteiger partial charge < -0.3 is 5.32 Å². The molecule has 0 saturated carbocycles. The van der Waals surface area contributed by atoms with E-state index in [0.29, 0.717) is 6.04 Å². The van der Waals surface area contributed by atoms with Gasteiger partial charge in [-0.1, -0.05) is 35.9 Å². The van der Waals surface area contributed by atoms with Crippen molar-refractivity contribution in [2.75, 3.05) is 7.05 Å². The van der Waals surface area contributed by atoms with Crippen molar-refractivity contribution in [3.63, 3.8) is 0 Å². The fraction of sp³-hybridized carbons (Fsp3) is 0.467. The lowest BCUT2D eigenvalue weighted by Crippen LogP contribution is -2.27. The molecule has 1 rings (SSSR count). The maximum Gasteiger partial charge on any atom is 0.0105 e. The summed E-state index contributed by atoms with van der Waals surface area (Å²) >= 11 is 0. The first-order valence-corrected chi connectivity index (χ1v) is 6.10. The molecule has 1 atom stereocenters. The van der Waals surface area contributed by atoms with Crippen LogP contribution in [0, 0.1) is 6.92 Å². The molecular formula is C15H23N. The summed E-state index contributed by atoms with van der Waals surface area (Å²) in [6.07, 6.45) is 6.68. The molecule has 1 aromatic rings. The predicted molar refractivity (Wildman–Crippen MR) is 71.8 cm³/mol. The first-order chi connectivity index (χ1) is 7.76. The summed E-state index contributed by atoms with van der Waals surface area (Å²) in [5.74, 6) is 0. The quantitative estimate of drug-likeness (QED) is 0.544. The first kappa shape index (κ1) is 13.0. The number of allylic oxidation sites excluding steroid dienone is 1. The number of unbranched alkanes of at least 4 members (excludes halogenated alkanes) is 1. The first-order valence-electron chi connectivity index (χ1n) is 6.10. The number of likely N-dealkylation sites (N-methyl/N-ethyl adjacent to an activating group) is 1. The zero-order valence-corrected chi connectivity index (χ0v) is 10.5. The number of nitrogens with one attached hydrogen (secondary N) is 1. The molecule has 0 aliphatic heterocycles. The SMILES string of the molecule is C=CCCCC(Cc1cccc(C)c1)NC. The Morgan fingerprint density at radius 1 is 1.44 bits per heavy atom. The van der Waals surface area contributed by atoms with Crippen molar-refractivity contribution in [3.05, 3.63) is 48.0 Å². The van der Waals surface area contributed by atoms with Crippen LogP contribution in [0.1, 0.15) is 30.4 Å². The van der Waals surface area contributed by atoms with Crippen molar-refractivity contribution in [2.45, 2.75) is 38.6 Å². The van der Waals surface area contributed by atoms with Gasteiger partial charge in [-0.2, -0.15) is 0 Å². The summed E-state index contributed by atoms with van der Waals surface area (Å²) in [5, 5.41) is 3.39. The fourth-order valence-corrected chi connectivity index (χ4v) is 1.98. The van der Waals surface area contributed by atoms with Crippen molar-refractivity contribution in [2.24, 2.45) is 0 Å². The van der Waals surface area contributed by atoms with E-state index in [1.807, 2.05) is 13.1 Å². The number of rotatable bonds is 7. The number of aryl methyl sites for hydroxylation is 1.